The second-order valence-electron chi connectivity index (χ2n) is 3.29. The predicted octanol–water partition coefficient (Wildman–Crippen LogP) is 3.85. The summed E-state index contributed by atoms with van der Waals surface area (Å²) in [5.74, 6) is -0.361. The van der Waals surface area contributed by atoms with Gasteiger partial charge in [0.15, 0.2) is 5.78 Å². The molecule has 0 radical (unpaired) electrons. The second-order valence-corrected chi connectivity index (χ2v) is 7.27. The van der Waals surface area contributed by atoms with E-state index in [1.54, 1.807) is 18.2 Å². The molecule has 88 valence electrons. The minimum atomic E-state index is -0.631. The number of Topliss-reactive ketones (excluding diaryl/α,β-unsaturated/α-hetero) is 1. The lowest BCUT2D eigenvalue weighted by Crippen LogP contribution is -2.18. The molecule has 0 saturated heterocycles. The molecule has 1 heterocycles. The number of hydrogen-bond acceptors (Lipinski definition) is 3. The molecular formula is C11H5Br3O3. The van der Waals surface area contributed by atoms with Crippen molar-refractivity contribution in [3.63, 3.8) is 0 Å². The van der Waals surface area contributed by atoms with Crippen molar-refractivity contribution in [2.75, 3.05) is 0 Å². The van der Waals surface area contributed by atoms with Gasteiger partial charge in [0.25, 0.3) is 0 Å². The molecule has 1 aromatic heterocycles. The molecule has 0 amide bonds. The summed E-state index contributed by atoms with van der Waals surface area (Å²) in [6, 6.07) is 6.76. The summed E-state index contributed by atoms with van der Waals surface area (Å²) in [6.07, 6.45) is 0. The zero-order valence-corrected chi connectivity index (χ0v) is 13.0. The lowest BCUT2D eigenvalue weighted by molar-refractivity contribution is 0.101. The van der Waals surface area contributed by atoms with Crippen molar-refractivity contribution >= 4 is 64.5 Å². The van der Waals surface area contributed by atoms with Gasteiger partial charge in [0.1, 0.15) is 14.9 Å². The van der Waals surface area contributed by atoms with Crippen LogP contribution in [0.2, 0.25) is 0 Å². The Kier molecular flexibility index (Phi) is 3.85. The van der Waals surface area contributed by atoms with Crippen molar-refractivity contribution in [2.24, 2.45) is 0 Å². The van der Waals surface area contributed by atoms with E-state index < -0.39 is 9.36 Å². The fourth-order valence-electron chi connectivity index (χ4n) is 1.38. The van der Waals surface area contributed by atoms with Gasteiger partial charge in [-0.15, -0.1) is 0 Å². The smallest absolute Gasteiger partial charge is 0.347 e. The first kappa shape index (κ1) is 13.0. The van der Waals surface area contributed by atoms with Crippen molar-refractivity contribution in [1.82, 2.24) is 0 Å². The average Bonchev–Trinajstić information content (AvgIpc) is 2.27. The third kappa shape index (κ3) is 2.69. The first-order valence-electron chi connectivity index (χ1n) is 4.55. The fraction of sp³-hybridized carbons (Fsp3) is 0.0909. The molecule has 0 spiro atoms. The standard InChI is InChI=1S/C11H5Br3O3/c12-6-1-2-8-5(3-6)4-7(11(16)17-8)9(15)10(13)14/h1-4,10H. The number of benzene rings is 1. The molecule has 0 atom stereocenters. The number of carbonyl (C=O) groups excluding carboxylic acids is 1. The number of hydrogen-bond donors (Lipinski definition) is 0. The van der Waals surface area contributed by atoms with Gasteiger partial charge < -0.3 is 4.42 Å². The number of fused-ring (bicyclic) bond motifs is 1. The van der Waals surface area contributed by atoms with Crippen LogP contribution in [0, 0.1) is 0 Å². The van der Waals surface area contributed by atoms with E-state index >= 15 is 0 Å². The van der Waals surface area contributed by atoms with E-state index in [2.05, 4.69) is 47.8 Å². The van der Waals surface area contributed by atoms with Crippen molar-refractivity contribution in [3.05, 3.63) is 44.7 Å². The van der Waals surface area contributed by atoms with Crippen LogP contribution in [0.4, 0.5) is 0 Å². The molecule has 0 fully saturated rings. The van der Waals surface area contributed by atoms with Crippen LogP contribution in [-0.4, -0.2) is 9.52 Å². The van der Waals surface area contributed by atoms with Crippen LogP contribution < -0.4 is 5.63 Å². The van der Waals surface area contributed by atoms with Gasteiger partial charge in [-0.3, -0.25) is 4.79 Å². The summed E-state index contributed by atoms with van der Waals surface area (Å²) >= 11 is 9.45. The normalized spacial score (nSPS) is 11.1. The molecule has 0 aliphatic carbocycles. The average molecular weight is 425 g/mol. The Balaban J connectivity index is 2.70. The van der Waals surface area contributed by atoms with Crippen LogP contribution in [0.15, 0.2) is 37.9 Å². The molecule has 3 nitrogen and oxygen atoms in total. The van der Waals surface area contributed by atoms with Crippen LogP contribution in [0.3, 0.4) is 0 Å². The molecule has 0 bridgehead atoms. The summed E-state index contributed by atoms with van der Waals surface area (Å²) in [5, 5.41) is 0.697. The predicted molar refractivity (Wildman–Crippen MR) is 76.2 cm³/mol. The largest absolute Gasteiger partial charge is 0.422 e. The van der Waals surface area contributed by atoms with Gasteiger partial charge >= 0.3 is 5.63 Å². The molecule has 0 N–H and O–H groups in total. The van der Waals surface area contributed by atoms with E-state index in [1.165, 1.54) is 6.07 Å². The van der Waals surface area contributed by atoms with Crippen LogP contribution in [0.1, 0.15) is 10.4 Å². The lowest BCUT2D eigenvalue weighted by Gasteiger charge is -2.02. The highest BCUT2D eigenvalue weighted by Crippen LogP contribution is 2.21. The first-order valence-corrected chi connectivity index (χ1v) is 7.17. The van der Waals surface area contributed by atoms with Crippen molar-refractivity contribution in [1.29, 1.82) is 0 Å². The molecule has 0 saturated carbocycles. The van der Waals surface area contributed by atoms with Crippen molar-refractivity contribution < 1.29 is 9.21 Å². The quantitative estimate of drug-likeness (QED) is 0.418. The topological polar surface area (TPSA) is 47.3 Å². The van der Waals surface area contributed by atoms with E-state index in [1.807, 2.05) is 0 Å². The molecule has 0 aliphatic heterocycles. The Bertz CT molecular complexity index is 646. The van der Waals surface area contributed by atoms with Crippen LogP contribution in [-0.2, 0) is 0 Å². The van der Waals surface area contributed by atoms with E-state index in [9.17, 15) is 9.59 Å². The van der Waals surface area contributed by atoms with Gasteiger partial charge in [0.2, 0.25) is 0 Å². The molecule has 1 aromatic carbocycles. The Hall–Kier alpha value is -0.460. The van der Waals surface area contributed by atoms with E-state index in [-0.39, 0.29) is 11.3 Å². The van der Waals surface area contributed by atoms with Gasteiger partial charge in [-0.25, -0.2) is 4.79 Å². The minimum Gasteiger partial charge on any atom is -0.422 e. The molecule has 0 aliphatic rings. The van der Waals surface area contributed by atoms with Gasteiger partial charge in [0, 0.05) is 9.86 Å². The Labute approximate surface area is 122 Å². The first-order chi connectivity index (χ1) is 7.99. The Morgan fingerprint density at radius 3 is 2.59 bits per heavy atom. The van der Waals surface area contributed by atoms with Crippen molar-refractivity contribution in [2.45, 2.75) is 3.74 Å². The third-order valence-corrected chi connectivity index (χ3v) is 3.48. The summed E-state index contributed by atoms with van der Waals surface area (Å²) in [6.45, 7) is 0. The van der Waals surface area contributed by atoms with Gasteiger partial charge in [-0.05, 0) is 24.3 Å². The highest BCUT2D eigenvalue weighted by molar-refractivity contribution is 9.25. The number of ketones is 1. The number of halogens is 3. The number of rotatable bonds is 2. The maximum absolute atomic E-state index is 11.7. The molecule has 2 aromatic rings. The van der Waals surface area contributed by atoms with Gasteiger partial charge in [-0.1, -0.05) is 47.8 Å². The molecule has 6 heteroatoms. The molecule has 0 unspecified atom stereocenters. The number of carbonyl (C=O) groups is 1. The maximum atomic E-state index is 11.7. The summed E-state index contributed by atoms with van der Waals surface area (Å²) in [4.78, 5) is 23.4. The highest BCUT2D eigenvalue weighted by atomic mass is 79.9. The minimum absolute atomic E-state index is 0.0225. The SMILES string of the molecule is O=C(c1cc2cc(Br)ccc2oc1=O)C(Br)Br. The summed E-state index contributed by atoms with van der Waals surface area (Å²) in [5.41, 5.74) is -0.154. The van der Waals surface area contributed by atoms with E-state index in [0.717, 1.165) is 4.47 Å². The lowest BCUT2D eigenvalue weighted by atomic mass is 10.1. The summed E-state index contributed by atoms with van der Waals surface area (Å²) in [7, 11) is 0. The molecular weight excluding hydrogens is 420 g/mol. The summed E-state index contributed by atoms with van der Waals surface area (Å²) < 4.78 is 5.34. The monoisotopic (exact) mass is 422 g/mol. The fourth-order valence-corrected chi connectivity index (χ4v) is 2.26. The zero-order valence-electron chi connectivity index (χ0n) is 8.25. The van der Waals surface area contributed by atoms with Crippen LogP contribution in [0.5, 0.6) is 0 Å². The van der Waals surface area contributed by atoms with E-state index in [0.29, 0.717) is 11.0 Å². The second kappa shape index (κ2) is 5.04. The van der Waals surface area contributed by atoms with E-state index in [4.69, 9.17) is 4.42 Å². The highest BCUT2D eigenvalue weighted by Gasteiger charge is 2.19. The Morgan fingerprint density at radius 1 is 1.24 bits per heavy atom. The zero-order chi connectivity index (χ0) is 12.6. The third-order valence-electron chi connectivity index (χ3n) is 2.16. The van der Waals surface area contributed by atoms with Crippen LogP contribution >= 0.6 is 47.8 Å². The molecule has 2 rings (SSSR count). The Morgan fingerprint density at radius 2 is 1.94 bits per heavy atom. The van der Waals surface area contributed by atoms with Gasteiger partial charge in [0.05, 0.1) is 0 Å². The van der Waals surface area contributed by atoms with Gasteiger partial charge in [-0.2, -0.15) is 0 Å². The van der Waals surface area contributed by atoms with Crippen molar-refractivity contribution in [3.8, 4) is 0 Å². The van der Waals surface area contributed by atoms with Crippen LogP contribution in [0.25, 0.3) is 11.0 Å². The molecule has 17 heavy (non-hydrogen) atoms. The maximum Gasteiger partial charge on any atom is 0.347 e. The number of alkyl halides is 2.